The van der Waals surface area contributed by atoms with Crippen molar-refractivity contribution in [1.82, 2.24) is 0 Å². The van der Waals surface area contributed by atoms with Crippen LogP contribution < -0.4 is 5.32 Å². The molecule has 2 N–H and O–H groups in total. The van der Waals surface area contributed by atoms with Crippen LogP contribution in [0, 0.1) is 22.5 Å². The van der Waals surface area contributed by atoms with E-state index in [-0.39, 0.29) is 5.69 Å². The van der Waals surface area contributed by atoms with Gasteiger partial charge in [0.2, 0.25) is 5.91 Å². The van der Waals surface area contributed by atoms with Gasteiger partial charge in [-0.25, -0.2) is 0 Å². The molecule has 1 aliphatic rings. The van der Waals surface area contributed by atoms with Crippen molar-refractivity contribution in [3.63, 3.8) is 0 Å². The summed E-state index contributed by atoms with van der Waals surface area (Å²) in [5, 5.41) is 22.1. The molecule has 0 spiro atoms. The highest BCUT2D eigenvalue weighted by Crippen LogP contribution is 2.46. The second-order valence-electron chi connectivity index (χ2n) is 4.60. The maximum Gasteiger partial charge on any atom is 0.319 e. The van der Waals surface area contributed by atoms with E-state index < -0.39 is 22.2 Å². The number of carboxylic acid groups (broad SMARTS) is 1. The monoisotopic (exact) mass is 264 g/mol. The molecule has 0 bridgehead atoms. The number of carboxylic acids is 1. The highest BCUT2D eigenvalue weighted by molar-refractivity contribution is 6.10. The summed E-state index contributed by atoms with van der Waals surface area (Å²) in [5.74, 6) is -1.71. The molecule has 0 atom stereocenters. The maximum absolute atomic E-state index is 11.8. The Morgan fingerprint density at radius 1 is 1.42 bits per heavy atom. The average Bonchev–Trinajstić information content (AvgIpc) is 3.09. The molecule has 0 heterocycles. The van der Waals surface area contributed by atoms with E-state index in [1.54, 1.807) is 6.92 Å². The first kappa shape index (κ1) is 13.0. The van der Waals surface area contributed by atoms with Crippen LogP contribution in [0.5, 0.6) is 0 Å². The number of carbonyl (C=O) groups excluding carboxylic acids is 1. The van der Waals surface area contributed by atoms with Crippen LogP contribution in [0.1, 0.15) is 18.4 Å². The molecule has 1 amide bonds. The first-order valence-corrected chi connectivity index (χ1v) is 5.67. The van der Waals surface area contributed by atoms with Crippen molar-refractivity contribution < 1.29 is 19.6 Å². The van der Waals surface area contributed by atoms with Gasteiger partial charge in [-0.3, -0.25) is 19.7 Å². The summed E-state index contributed by atoms with van der Waals surface area (Å²) < 4.78 is 0. The highest BCUT2D eigenvalue weighted by atomic mass is 16.6. The Morgan fingerprint density at radius 3 is 2.47 bits per heavy atom. The number of nitrogens with one attached hydrogen (secondary N) is 1. The second kappa shape index (κ2) is 4.34. The third kappa shape index (κ3) is 2.26. The van der Waals surface area contributed by atoms with E-state index in [1.165, 1.54) is 18.2 Å². The van der Waals surface area contributed by atoms with Gasteiger partial charge in [-0.15, -0.1) is 0 Å². The highest BCUT2D eigenvalue weighted by Gasteiger charge is 2.57. The van der Waals surface area contributed by atoms with Gasteiger partial charge in [-0.05, 0) is 31.9 Å². The van der Waals surface area contributed by atoms with E-state index in [9.17, 15) is 19.7 Å². The number of nitrogens with zero attached hydrogens (tertiary/aromatic N) is 1. The second-order valence-corrected chi connectivity index (χ2v) is 4.60. The predicted octanol–water partition coefficient (Wildman–Crippen LogP) is 1.71. The third-order valence-corrected chi connectivity index (χ3v) is 3.25. The van der Waals surface area contributed by atoms with E-state index in [0.717, 1.165) is 0 Å². The van der Waals surface area contributed by atoms with Gasteiger partial charge >= 0.3 is 5.97 Å². The maximum atomic E-state index is 11.8. The first-order valence-electron chi connectivity index (χ1n) is 5.67. The Labute approximate surface area is 108 Å². The molecule has 1 aromatic rings. The lowest BCUT2D eigenvalue weighted by Gasteiger charge is -2.11. The minimum Gasteiger partial charge on any atom is -0.480 e. The minimum atomic E-state index is -1.32. The quantitative estimate of drug-likeness (QED) is 0.488. The Hall–Kier alpha value is -2.44. The van der Waals surface area contributed by atoms with Crippen LogP contribution in [-0.2, 0) is 9.59 Å². The summed E-state index contributed by atoms with van der Waals surface area (Å²) in [6.45, 7) is 1.55. The summed E-state index contributed by atoms with van der Waals surface area (Å²) in [4.78, 5) is 33.0. The van der Waals surface area contributed by atoms with E-state index in [1.807, 2.05) is 0 Å². The summed E-state index contributed by atoms with van der Waals surface area (Å²) in [6.07, 6.45) is 0.639. The number of aryl methyl sites for hydroxylation is 1. The fourth-order valence-corrected chi connectivity index (χ4v) is 1.85. The van der Waals surface area contributed by atoms with Crippen molar-refractivity contribution in [2.45, 2.75) is 19.8 Å². The lowest BCUT2D eigenvalue weighted by molar-refractivity contribution is -0.385. The molecule has 0 radical (unpaired) electrons. The minimum absolute atomic E-state index is 0.0441. The number of rotatable bonds is 4. The zero-order valence-electron chi connectivity index (χ0n) is 10.2. The Balaban J connectivity index is 2.17. The molecular formula is C12H12N2O5. The predicted molar refractivity (Wildman–Crippen MR) is 65.8 cm³/mol. The molecule has 19 heavy (non-hydrogen) atoms. The fraction of sp³-hybridized carbons (Fsp3) is 0.333. The van der Waals surface area contributed by atoms with Gasteiger partial charge < -0.3 is 10.4 Å². The van der Waals surface area contributed by atoms with Crippen LogP contribution in [0.3, 0.4) is 0 Å². The van der Waals surface area contributed by atoms with E-state index in [4.69, 9.17) is 5.11 Å². The number of nitro benzene ring substituents is 1. The molecule has 7 heteroatoms. The smallest absolute Gasteiger partial charge is 0.319 e. The van der Waals surface area contributed by atoms with E-state index in [2.05, 4.69) is 5.32 Å². The molecule has 7 nitrogen and oxygen atoms in total. The Morgan fingerprint density at radius 2 is 2.05 bits per heavy atom. The Kier molecular flexibility index (Phi) is 2.97. The van der Waals surface area contributed by atoms with Crippen LogP contribution in [-0.4, -0.2) is 21.9 Å². The number of carbonyl (C=O) groups is 2. The number of amides is 1. The topological polar surface area (TPSA) is 110 Å². The van der Waals surface area contributed by atoms with Gasteiger partial charge in [-0.1, -0.05) is 0 Å². The van der Waals surface area contributed by atoms with Crippen LogP contribution in [0.25, 0.3) is 0 Å². The number of benzene rings is 1. The van der Waals surface area contributed by atoms with Gasteiger partial charge in [0, 0.05) is 17.3 Å². The molecule has 1 saturated carbocycles. The zero-order chi connectivity index (χ0) is 14.2. The van der Waals surface area contributed by atoms with Crippen LogP contribution >= 0.6 is 0 Å². The molecule has 1 fully saturated rings. The van der Waals surface area contributed by atoms with Crippen molar-refractivity contribution in [2.75, 3.05) is 5.32 Å². The zero-order valence-corrected chi connectivity index (χ0v) is 10.2. The number of aliphatic carboxylic acids is 1. The van der Waals surface area contributed by atoms with Gasteiger partial charge in [0.15, 0.2) is 0 Å². The van der Waals surface area contributed by atoms with Crippen molar-refractivity contribution in [3.8, 4) is 0 Å². The van der Waals surface area contributed by atoms with Crippen molar-refractivity contribution in [2.24, 2.45) is 5.41 Å². The normalized spacial score (nSPS) is 15.6. The van der Waals surface area contributed by atoms with Gasteiger partial charge in [0.25, 0.3) is 5.69 Å². The first-order chi connectivity index (χ1) is 8.86. The number of hydrogen-bond acceptors (Lipinski definition) is 4. The van der Waals surface area contributed by atoms with Gasteiger partial charge in [0.05, 0.1) is 4.92 Å². The lowest BCUT2D eigenvalue weighted by atomic mass is 10.1. The standard InChI is InChI=1S/C12H12N2O5/c1-7-6-8(2-3-9(7)14(18)19)13-10(15)12(4-5-12)11(16)17/h2-3,6H,4-5H2,1H3,(H,13,15)(H,16,17). The Bertz CT molecular complexity index is 577. The van der Waals surface area contributed by atoms with Crippen molar-refractivity contribution in [1.29, 1.82) is 0 Å². The van der Waals surface area contributed by atoms with E-state index in [0.29, 0.717) is 24.1 Å². The summed E-state index contributed by atoms with van der Waals surface area (Å²) in [5.41, 5.74) is -0.601. The van der Waals surface area contributed by atoms with Crippen molar-refractivity contribution >= 4 is 23.3 Å². The van der Waals surface area contributed by atoms with Gasteiger partial charge in [0.1, 0.15) is 5.41 Å². The number of anilines is 1. The van der Waals surface area contributed by atoms with Crippen LogP contribution in [0.2, 0.25) is 0 Å². The summed E-state index contributed by atoms with van der Waals surface area (Å²) in [7, 11) is 0. The summed E-state index contributed by atoms with van der Waals surface area (Å²) in [6, 6.07) is 4.13. The molecule has 2 rings (SSSR count). The molecule has 0 aromatic heterocycles. The number of hydrogen-bond donors (Lipinski definition) is 2. The van der Waals surface area contributed by atoms with Crippen molar-refractivity contribution in [3.05, 3.63) is 33.9 Å². The van der Waals surface area contributed by atoms with Crippen LogP contribution in [0.15, 0.2) is 18.2 Å². The van der Waals surface area contributed by atoms with Gasteiger partial charge in [-0.2, -0.15) is 0 Å². The molecule has 0 unspecified atom stereocenters. The third-order valence-electron chi connectivity index (χ3n) is 3.25. The SMILES string of the molecule is Cc1cc(NC(=O)C2(C(=O)O)CC2)ccc1[N+](=O)[O-]. The average molecular weight is 264 g/mol. The molecule has 0 aliphatic heterocycles. The largest absolute Gasteiger partial charge is 0.480 e. The molecule has 100 valence electrons. The van der Waals surface area contributed by atoms with Crippen LogP contribution in [0.4, 0.5) is 11.4 Å². The molecule has 1 aromatic carbocycles. The molecular weight excluding hydrogens is 252 g/mol. The number of nitro groups is 1. The van der Waals surface area contributed by atoms with E-state index >= 15 is 0 Å². The molecule has 1 aliphatic carbocycles. The molecule has 0 saturated heterocycles. The lowest BCUT2D eigenvalue weighted by Crippen LogP contribution is -2.31. The summed E-state index contributed by atoms with van der Waals surface area (Å²) >= 11 is 0. The fourth-order valence-electron chi connectivity index (χ4n) is 1.85.